The van der Waals surface area contributed by atoms with Crippen molar-refractivity contribution in [3.63, 3.8) is 0 Å². The van der Waals surface area contributed by atoms with Crippen molar-refractivity contribution in [2.45, 2.75) is 38.0 Å². The minimum atomic E-state index is -3.57. The van der Waals surface area contributed by atoms with Crippen LogP contribution in [0.2, 0.25) is 6.55 Å². The fourth-order valence-electron chi connectivity index (χ4n) is 7.29. The van der Waals surface area contributed by atoms with Crippen LogP contribution in [0.25, 0.3) is 0 Å². The van der Waals surface area contributed by atoms with Crippen LogP contribution in [-0.2, 0) is 19.7 Å². The molecular weight excluding hydrogens is 625 g/mol. The Balaban J connectivity index is 1.12. The van der Waals surface area contributed by atoms with Gasteiger partial charge < -0.3 is 0 Å². The number of benzene rings is 6. The van der Waals surface area contributed by atoms with Crippen molar-refractivity contribution in [3.8, 4) is 0 Å². The zero-order chi connectivity index (χ0) is 31.6. The van der Waals surface area contributed by atoms with Crippen molar-refractivity contribution >= 4 is 38.8 Å². The van der Waals surface area contributed by atoms with Crippen LogP contribution in [0.5, 0.6) is 0 Å². The molecule has 2 aliphatic heterocycles. The van der Waals surface area contributed by atoms with Crippen molar-refractivity contribution in [2.24, 2.45) is 0 Å². The number of hydrogen-bond acceptors (Lipinski definition) is 4. The minimum Gasteiger partial charge on any atom is -0.218 e. The Labute approximate surface area is 271 Å². The monoisotopic (exact) mass is 654 g/mol. The summed E-state index contributed by atoms with van der Waals surface area (Å²) in [6.07, 6.45) is 0. The van der Waals surface area contributed by atoms with Gasteiger partial charge in [-0.2, -0.15) is 0 Å². The number of rotatable bonds is 4. The molecule has 7 heteroatoms. The van der Waals surface area contributed by atoms with Crippen molar-refractivity contribution in [1.82, 2.24) is 0 Å². The molecule has 0 amide bonds. The van der Waals surface area contributed by atoms with E-state index in [9.17, 15) is 16.8 Å². The molecule has 0 fully saturated rings. The summed E-state index contributed by atoms with van der Waals surface area (Å²) in [7, 11) is -8.70. The molecule has 0 aliphatic carbocycles. The van der Waals surface area contributed by atoms with Gasteiger partial charge in [0.2, 0.25) is 19.7 Å². The molecule has 0 bridgehead atoms. The molecule has 6 aromatic carbocycles. The van der Waals surface area contributed by atoms with Gasteiger partial charge in [0, 0.05) is 11.8 Å². The molecule has 2 heterocycles. The van der Waals surface area contributed by atoms with E-state index in [-0.39, 0.29) is 11.8 Å². The summed E-state index contributed by atoms with van der Waals surface area (Å²) in [4.78, 5) is 1.52. The molecule has 2 aliphatic rings. The first-order chi connectivity index (χ1) is 22.3. The van der Waals surface area contributed by atoms with Crippen LogP contribution >= 0.6 is 0 Å². The van der Waals surface area contributed by atoms with Crippen LogP contribution in [-0.4, -0.2) is 25.6 Å². The summed E-state index contributed by atoms with van der Waals surface area (Å²) < 4.78 is 53.7. The second-order valence-corrected chi connectivity index (χ2v) is 18.6. The Morgan fingerprint density at radius 2 is 0.652 bits per heavy atom. The van der Waals surface area contributed by atoms with Gasteiger partial charge in [-0.15, -0.1) is 0 Å². The highest BCUT2D eigenvalue weighted by atomic mass is 32.2. The maximum atomic E-state index is 13.4. The van der Waals surface area contributed by atoms with E-state index in [1.165, 1.54) is 10.4 Å². The van der Waals surface area contributed by atoms with E-state index in [0.29, 0.717) is 19.6 Å². The van der Waals surface area contributed by atoms with E-state index >= 15 is 0 Å². The Kier molecular flexibility index (Phi) is 6.76. The van der Waals surface area contributed by atoms with Crippen molar-refractivity contribution < 1.29 is 16.8 Å². The van der Waals surface area contributed by atoms with Crippen molar-refractivity contribution in [2.75, 3.05) is 0 Å². The van der Waals surface area contributed by atoms with Gasteiger partial charge in [-0.3, -0.25) is 0 Å². The smallest absolute Gasteiger partial charge is 0.207 e. The predicted molar refractivity (Wildman–Crippen MR) is 184 cm³/mol. The summed E-state index contributed by atoms with van der Waals surface area (Å²) in [5.41, 5.74) is 5.39. The summed E-state index contributed by atoms with van der Waals surface area (Å²) in [5, 5.41) is 2.59. The van der Waals surface area contributed by atoms with Crippen LogP contribution in [0, 0.1) is 0 Å². The largest absolute Gasteiger partial charge is 0.218 e. The SMILES string of the molecule is C[SiH](c1ccc(C2c3ccccc3S(=O)(=O)c3ccccc32)cc1)c1ccc(C2c3ccccc3S(=O)(=O)c3ccccc32)cc1. The van der Waals surface area contributed by atoms with Gasteiger partial charge in [0.05, 0.1) is 28.4 Å². The van der Waals surface area contributed by atoms with Gasteiger partial charge in [0.25, 0.3) is 0 Å². The minimum absolute atomic E-state index is 0.161. The summed E-state index contributed by atoms with van der Waals surface area (Å²) >= 11 is 0. The molecule has 0 atom stereocenters. The topological polar surface area (TPSA) is 68.3 Å². The predicted octanol–water partition coefficient (Wildman–Crippen LogP) is 6.31. The average molecular weight is 655 g/mol. The fourth-order valence-corrected chi connectivity index (χ4v) is 12.7. The first-order valence-corrected chi connectivity index (χ1v) is 20.6. The molecule has 0 saturated heterocycles. The Hall–Kier alpha value is -4.56. The highest BCUT2D eigenvalue weighted by Gasteiger charge is 2.37. The lowest BCUT2D eigenvalue weighted by Gasteiger charge is -2.29. The van der Waals surface area contributed by atoms with Crippen molar-refractivity contribution in [3.05, 3.63) is 179 Å². The van der Waals surface area contributed by atoms with Gasteiger partial charge >= 0.3 is 0 Å². The zero-order valence-electron chi connectivity index (χ0n) is 25.0. The Bertz CT molecular complexity index is 2090. The van der Waals surface area contributed by atoms with Gasteiger partial charge in [-0.1, -0.05) is 138 Å². The van der Waals surface area contributed by atoms with E-state index in [4.69, 9.17) is 0 Å². The molecule has 226 valence electrons. The standard InChI is InChI=1S/C39H30O4S2Si/c1-46(28-22-18-26(19-23-28)38-30-10-2-6-14-34(30)44(40,41)35-15-7-3-11-31(35)38)29-24-20-27(21-25-29)39-32-12-4-8-16-36(32)45(42,43)37-17-9-5-13-33(37)39/h2-25,38-39,46H,1H3. The Morgan fingerprint density at radius 3 is 0.935 bits per heavy atom. The number of fused-ring (bicyclic) bond motifs is 4. The molecule has 8 rings (SSSR count). The molecular formula is C39H30O4S2Si. The lowest BCUT2D eigenvalue weighted by molar-refractivity contribution is 0.587. The number of hydrogen-bond donors (Lipinski definition) is 0. The molecule has 0 N–H and O–H groups in total. The maximum Gasteiger partial charge on any atom is 0.207 e. The highest BCUT2D eigenvalue weighted by Crippen LogP contribution is 2.46. The molecule has 0 saturated carbocycles. The highest BCUT2D eigenvalue weighted by molar-refractivity contribution is 7.92. The third kappa shape index (κ3) is 4.37. The number of sulfone groups is 2. The zero-order valence-corrected chi connectivity index (χ0v) is 27.8. The molecule has 46 heavy (non-hydrogen) atoms. The van der Waals surface area contributed by atoms with Crippen LogP contribution < -0.4 is 10.4 Å². The van der Waals surface area contributed by atoms with Crippen LogP contribution in [0.15, 0.2) is 165 Å². The van der Waals surface area contributed by atoms with Gasteiger partial charge in [0.1, 0.15) is 0 Å². The maximum absolute atomic E-state index is 13.4. The third-order valence-corrected chi connectivity index (χ3v) is 16.2. The normalized spacial score (nSPS) is 16.2. The van der Waals surface area contributed by atoms with E-state index in [1.54, 1.807) is 48.5 Å². The van der Waals surface area contributed by atoms with E-state index in [0.717, 1.165) is 33.4 Å². The van der Waals surface area contributed by atoms with Gasteiger partial charge in [0.15, 0.2) is 0 Å². The third-order valence-electron chi connectivity index (χ3n) is 9.62. The quantitative estimate of drug-likeness (QED) is 0.209. The fraction of sp³-hybridized carbons (Fsp3) is 0.0769. The van der Waals surface area contributed by atoms with Gasteiger partial charge in [-0.05, 0) is 57.6 Å². The molecule has 0 unspecified atom stereocenters. The summed E-state index contributed by atoms with van der Waals surface area (Å²) in [6, 6.07) is 46.8. The lowest BCUT2D eigenvalue weighted by Crippen LogP contribution is -2.39. The molecule has 0 aromatic heterocycles. The average Bonchev–Trinajstić information content (AvgIpc) is 3.09. The molecule has 6 aromatic rings. The van der Waals surface area contributed by atoms with E-state index in [1.807, 2.05) is 48.5 Å². The first-order valence-electron chi connectivity index (χ1n) is 15.3. The molecule has 4 nitrogen and oxygen atoms in total. The first kappa shape index (κ1) is 28.9. The van der Waals surface area contributed by atoms with Crippen molar-refractivity contribution in [1.29, 1.82) is 0 Å². The van der Waals surface area contributed by atoms with Crippen LogP contribution in [0.1, 0.15) is 45.2 Å². The van der Waals surface area contributed by atoms with E-state index < -0.39 is 28.5 Å². The van der Waals surface area contributed by atoms with Crippen LogP contribution in [0.4, 0.5) is 0 Å². The second kappa shape index (κ2) is 10.8. The summed E-state index contributed by atoms with van der Waals surface area (Å²) in [6.45, 7) is 2.32. The molecule has 0 radical (unpaired) electrons. The Morgan fingerprint density at radius 1 is 0.391 bits per heavy atom. The van der Waals surface area contributed by atoms with Crippen LogP contribution in [0.3, 0.4) is 0 Å². The second-order valence-electron chi connectivity index (χ2n) is 12.1. The molecule has 0 spiro atoms. The summed E-state index contributed by atoms with van der Waals surface area (Å²) in [5.74, 6) is -0.322. The van der Waals surface area contributed by atoms with Gasteiger partial charge in [-0.25, -0.2) is 16.8 Å². The lowest BCUT2D eigenvalue weighted by atomic mass is 9.85. The van der Waals surface area contributed by atoms with E-state index in [2.05, 4.69) is 55.1 Å².